The van der Waals surface area contributed by atoms with Gasteiger partial charge in [-0.05, 0) is 0 Å². The van der Waals surface area contributed by atoms with Crippen LogP contribution in [-0.4, -0.2) is 11.6 Å². The number of nitrogens with zero attached hydrogens (tertiary/aromatic N) is 4. The number of carbonyl (C=O) groups is 1. The minimum absolute atomic E-state index is 0.107. The standard InChI is InChI=1S/C15H2N4O3S4/c16-1-6(2-17)14-23-10-8(21)11-13(9(22-5-20)12(10)25-14)26-15(24-11)7(3-18)4-19/h5,21H. The van der Waals surface area contributed by atoms with E-state index >= 15 is 0 Å². The highest BCUT2D eigenvalue weighted by Crippen LogP contribution is 2.67. The minimum Gasteiger partial charge on any atom is -0.505 e. The predicted octanol–water partition coefficient (Wildman–Crippen LogP) is 3.84. The molecule has 0 atom stereocenters. The number of nitriles is 4. The molecule has 0 bridgehead atoms. The highest BCUT2D eigenvalue weighted by atomic mass is 32.2. The Bertz CT molecular complexity index is 985. The molecule has 0 spiro atoms. The summed E-state index contributed by atoms with van der Waals surface area (Å²) in [5.74, 6) is 0.0481. The van der Waals surface area contributed by atoms with Crippen molar-refractivity contribution in [2.75, 3.05) is 0 Å². The van der Waals surface area contributed by atoms with Crippen LogP contribution in [-0.2, 0) is 4.79 Å². The van der Waals surface area contributed by atoms with E-state index in [1.807, 2.05) is 0 Å². The van der Waals surface area contributed by atoms with Crippen molar-refractivity contribution < 1.29 is 14.6 Å². The topological polar surface area (TPSA) is 142 Å². The molecule has 0 saturated heterocycles. The largest absolute Gasteiger partial charge is 0.505 e. The molecule has 0 fully saturated rings. The summed E-state index contributed by atoms with van der Waals surface area (Å²) in [5.41, 5.74) is -0.213. The van der Waals surface area contributed by atoms with Gasteiger partial charge < -0.3 is 9.84 Å². The second-order valence-electron chi connectivity index (χ2n) is 4.39. The number of hydrogen-bond acceptors (Lipinski definition) is 11. The van der Waals surface area contributed by atoms with Gasteiger partial charge in [-0.1, -0.05) is 47.0 Å². The fraction of sp³-hybridized carbons (Fsp3) is 0. The van der Waals surface area contributed by atoms with Crippen molar-refractivity contribution in [2.45, 2.75) is 19.6 Å². The highest BCUT2D eigenvalue weighted by molar-refractivity contribution is 8.26. The number of phenolic OH excluding ortho intramolecular Hbond substituents is 1. The third-order valence-electron chi connectivity index (χ3n) is 3.06. The lowest BCUT2D eigenvalue weighted by Gasteiger charge is -2.11. The Morgan fingerprint density at radius 2 is 1.19 bits per heavy atom. The van der Waals surface area contributed by atoms with Crippen molar-refractivity contribution in [3.05, 3.63) is 19.6 Å². The molecule has 0 aromatic heterocycles. The van der Waals surface area contributed by atoms with Crippen LogP contribution >= 0.6 is 47.0 Å². The molecular weight excluding hydrogens is 412 g/mol. The van der Waals surface area contributed by atoms with Crippen molar-refractivity contribution in [2.24, 2.45) is 0 Å². The van der Waals surface area contributed by atoms with Gasteiger partial charge in [0.25, 0.3) is 6.47 Å². The quantitative estimate of drug-likeness (QED) is 0.557. The molecule has 0 radical (unpaired) electrons. The molecule has 0 saturated carbocycles. The van der Waals surface area contributed by atoms with Crippen molar-refractivity contribution in [3.8, 4) is 35.8 Å². The summed E-state index contributed by atoms with van der Waals surface area (Å²) >= 11 is 4.15. The van der Waals surface area contributed by atoms with Crippen LogP contribution in [0.5, 0.6) is 11.5 Å². The van der Waals surface area contributed by atoms with Gasteiger partial charge in [0.2, 0.25) is 0 Å². The maximum Gasteiger partial charge on any atom is 0.298 e. The summed E-state index contributed by atoms with van der Waals surface area (Å²) < 4.78 is 5.85. The molecule has 2 aliphatic rings. The lowest BCUT2D eigenvalue weighted by Crippen LogP contribution is -1.94. The molecule has 0 amide bonds. The SMILES string of the molecule is N#CC(C#N)=C1Sc2c(O)c3c(c(OC=O)c2S1)SC(=C(C#N)C#N)S3. The number of rotatable bonds is 2. The van der Waals surface area contributed by atoms with Crippen LogP contribution in [0.4, 0.5) is 0 Å². The zero-order valence-corrected chi connectivity index (χ0v) is 15.5. The molecule has 124 valence electrons. The second kappa shape index (κ2) is 7.29. The average Bonchev–Trinajstić information content (AvgIpc) is 3.26. The number of hydrogen-bond donors (Lipinski definition) is 1. The van der Waals surface area contributed by atoms with Gasteiger partial charge >= 0.3 is 0 Å². The molecule has 26 heavy (non-hydrogen) atoms. The van der Waals surface area contributed by atoms with Gasteiger partial charge in [0.05, 0.1) is 28.1 Å². The number of fused-ring (bicyclic) bond motifs is 2. The number of carbonyl (C=O) groups excluding carboxylic acids is 1. The predicted molar refractivity (Wildman–Crippen MR) is 94.7 cm³/mol. The molecule has 0 unspecified atom stereocenters. The first-order valence-electron chi connectivity index (χ1n) is 6.43. The molecular formula is C15H2N4O3S4. The Balaban J connectivity index is 2.22. The number of allylic oxidation sites excluding steroid dienone is 2. The van der Waals surface area contributed by atoms with Crippen LogP contribution in [0.15, 0.2) is 39.2 Å². The van der Waals surface area contributed by atoms with E-state index in [9.17, 15) is 9.90 Å². The Morgan fingerprint density at radius 3 is 1.54 bits per heavy atom. The molecule has 1 N–H and O–H groups in total. The van der Waals surface area contributed by atoms with Crippen LogP contribution in [0.3, 0.4) is 0 Å². The summed E-state index contributed by atoms with van der Waals surface area (Å²) in [7, 11) is 0. The van der Waals surface area contributed by atoms with Gasteiger partial charge in [-0.2, -0.15) is 21.0 Å². The zero-order valence-electron chi connectivity index (χ0n) is 12.3. The van der Waals surface area contributed by atoms with Crippen molar-refractivity contribution in [3.63, 3.8) is 0 Å². The fourth-order valence-corrected chi connectivity index (χ4v) is 7.12. The summed E-state index contributed by atoms with van der Waals surface area (Å²) in [4.78, 5) is 12.5. The maximum atomic E-state index is 11.0. The number of aromatic hydroxyl groups is 1. The van der Waals surface area contributed by atoms with E-state index in [4.69, 9.17) is 25.8 Å². The van der Waals surface area contributed by atoms with Gasteiger partial charge in [-0.15, -0.1) is 0 Å². The fourth-order valence-electron chi connectivity index (χ4n) is 2.01. The van der Waals surface area contributed by atoms with E-state index < -0.39 is 0 Å². The smallest absolute Gasteiger partial charge is 0.298 e. The normalized spacial score (nSPS) is 13.5. The number of benzene rings is 1. The van der Waals surface area contributed by atoms with E-state index in [0.29, 0.717) is 28.1 Å². The van der Waals surface area contributed by atoms with E-state index in [1.165, 1.54) is 0 Å². The van der Waals surface area contributed by atoms with Crippen LogP contribution < -0.4 is 4.74 Å². The number of ether oxygens (including phenoxy) is 1. The van der Waals surface area contributed by atoms with Crippen LogP contribution in [0.2, 0.25) is 0 Å². The molecule has 7 nitrogen and oxygen atoms in total. The highest BCUT2D eigenvalue weighted by Gasteiger charge is 2.37. The first kappa shape index (κ1) is 18.1. The lowest BCUT2D eigenvalue weighted by molar-refractivity contribution is -0.121. The van der Waals surface area contributed by atoms with Crippen molar-refractivity contribution >= 4 is 53.5 Å². The zero-order chi connectivity index (χ0) is 18.8. The van der Waals surface area contributed by atoms with Gasteiger partial charge in [0.15, 0.2) is 5.75 Å². The van der Waals surface area contributed by atoms with Gasteiger partial charge in [-0.3, -0.25) is 4.79 Å². The molecule has 2 heterocycles. The molecule has 0 aliphatic carbocycles. The van der Waals surface area contributed by atoms with Crippen molar-refractivity contribution in [1.29, 1.82) is 21.0 Å². The van der Waals surface area contributed by atoms with Gasteiger partial charge in [-0.25, -0.2) is 0 Å². The summed E-state index contributed by atoms with van der Waals surface area (Å²) in [5, 5.41) is 46.8. The molecule has 1 aromatic carbocycles. The third-order valence-corrected chi connectivity index (χ3v) is 8.26. The molecule has 11 heteroatoms. The monoisotopic (exact) mass is 414 g/mol. The molecule has 3 rings (SSSR count). The van der Waals surface area contributed by atoms with E-state index in [1.54, 1.807) is 24.3 Å². The third kappa shape index (κ3) is 2.78. The second-order valence-corrected chi connectivity index (χ2v) is 8.99. The Hall–Kier alpha value is -2.67. The minimum atomic E-state index is -0.112. The molecule has 1 aromatic rings. The Morgan fingerprint density at radius 1 is 0.808 bits per heavy atom. The van der Waals surface area contributed by atoms with E-state index in [0.717, 1.165) is 47.0 Å². The maximum absolute atomic E-state index is 11.0. The summed E-state index contributed by atoms with van der Waals surface area (Å²) in [6, 6.07) is 7.15. The Labute approximate surface area is 163 Å². The van der Waals surface area contributed by atoms with Gasteiger partial charge in [0.1, 0.15) is 41.2 Å². The number of thioether (sulfide) groups is 4. The average molecular weight is 414 g/mol. The van der Waals surface area contributed by atoms with Crippen molar-refractivity contribution in [1.82, 2.24) is 0 Å². The summed E-state index contributed by atoms with van der Waals surface area (Å²) in [6.45, 7) is 0.234. The van der Waals surface area contributed by atoms with Crippen LogP contribution in [0, 0.1) is 45.3 Å². The van der Waals surface area contributed by atoms with Crippen LogP contribution in [0.1, 0.15) is 0 Å². The summed E-state index contributed by atoms with van der Waals surface area (Å²) in [6.07, 6.45) is 0. The first-order chi connectivity index (χ1) is 12.6. The molecule has 2 aliphatic heterocycles. The first-order valence-corrected chi connectivity index (χ1v) is 9.69. The number of phenols is 1. The lowest BCUT2D eigenvalue weighted by atomic mass is 10.3. The van der Waals surface area contributed by atoms with Crippen LogP contribution in [0.25, 0.3) is 0 Å². The Kier molecular flexibility index (Phi) is 5.08. The van der Waals surface area contributed by atoms with Gasteiger partial charge in [0, 0.05) is 0 Å². The van der Waals surface area contributed by atoms with E-state index in [2.05, 4.69) is 0 Å². The van der Waals surface area contributed by atoms with E-state index in [-0.39, 0.29) is 29.1 Å².